The van der Waals surface area contributed by atoms with Gasteiger partial charge >= 0.3 is 0 Å². The predicted octanol–water partition coefficient (Wildman–Crippen LogP) is 0.706. The number of nitro groups is 1. The van der Waals surface area contributed by atoms with Crippen molar-refractivity contribution in [2.24, 2.45) is 0 Å². The highest BCUT2D eigenvalue weighted by atomic mass is 32.2. The van der Waals surface area contributed by atoms with E-state index in [0.717, 1.165) is 0 Å². The molecule has 0 N–H and O–H groups in total. The van der Waals surface area contributed by atoms with E-state index in [9.17, 15) is 18.5 Å². The zero-order valence-corrected chi connectivity index (χ0v) is 7.44. The molecule has 0 saturated carbocycles. The Balaban J connectivity index is 2.98. The Morgan fingerprint density at radius 2 is 2.08 bits per heavy atom. The maximum absolute atomic E-state index is 10.3. The number of hydrogen-bond acceptors (Lipinski definition) is 4. The lowest BCUT2D eigenvalue weighted by Gasteiger charge is -1.94. The Kier molecular flexibility index (Phi) is 2.97. The van der Waals surface area contributed by atoms with Gasteiger partial charge in [0.05, 0.1) is 10.7 Å². The first-order valence-electron chi connectivity index (χ1n) is 3.45. The van der Waals surface area contributed by atoms with Gasteiger partial charge in [-0.2, -0.15) is 0 Å². The van der Waals surface area contributed by atoms with Crippen LogP contribution in [0.15, 0.2) is 24.3 Å². The molecule has 0 saturated heterocycles. The number of nitro benzene ring substituents is 1. The van der Waals surface area contributed by atoms with Crippen LogP contribution in [-0.4, -0.2) is 13.3 Å². The van der Waals surface area contributed by atoms with Gasteiger partial charge in [0.15, 0.2) is 0 Å². The summed E-state index contributed by atoms with van der Waals surface area (Å²) in [6, 6.07) is 5.58. The first kappa shape index (κ1) is 9.66. The number of hydrogen-bond donors (Lipinski definition) is 1. The van der Waals surface area contributed by atoms with Crippen molar-refractivity contribution in [1.29, 1.82) is 0 Å². The molecule has 0 aromatic heterocycles. The number of thiol groups is 1. The molecule has 13 heavy (non-hydrogen) atoms. The number of non-ortho nitro benzene ring substituents is 1. The van der Waals surface area contributed by atoms with Crippen molar-refractivity contribution in [3.8, 4) is 0 Å². The minimum absolute atomic E-state index is 0.0886. The second-order valence-corrected chi connectivity index (χ2v) is 3.40. The summed E-state index contributed by atoms with van der Waals surface area (Å²) in [5.74, 6) is -0.156. The highest BCUT2D eigenvalue weighted by Gasteiger charge is 2.05. The molecule has 0 amide bonds. The highest BCUT2D eigenvalue weighted by Crippen LogP contribution is 2.13. The van der Waals surface area contributed by atoms with E-state index >= 15 is 0 Å². The maximum atomic E-state index is 10.3. The van der Waals surface area contributed by atoms with Gasteiger partial charge in [-0.3, -0.25) is 10.1 Å². The molecule has 1 aromatic rings. The predicted molar refractivity (Wildman–Crippen MR) is 47.1 cm³/mol. The van der Waals surface area contributed by atoms with Crippen molar-refractivity contribution in [3.63, 3.8) is 0 Å². The molecule has 1 aromatic carbocycles. The van der Waals surface area contributed by atoms with Crippen molar-refractivity contribution in [2.45, 2.75) is 5.75 Å². The lowest BCUT2D eigenvalue weighted by atomic mass is 10.2. The fourth-order valence-electron chi connectivity index (χ4n) is 0.917. The van der Waals surface area contributed by atoms with Crippen molar-refractivity contribution in [3.05, 3.63) is 39.9 Å². The molecule has 0 aliphatic heterocycles. The van der Waals surface area contributed by atoms with E-state index < -0.39 is 15.6 Å². The first-order valence-corrected chi connectivity index (χ1v) is 4.81. The number of rotatable bonds is 3. The molecule has 1 rings (SSSR count). The van der Waals surface area contributed by atoms with Gasteiger partial charge in [0.25, 0.3) is 5.69 Å². The quantitative estimate of drug-likeness (QED) is 0.443. The van der Waals surface area contributed by atoms with Crippen LogP contribution in [0.3, 0.4) is 0 Å². The summed E-state index contributed by atoms with van der Waals surface area (Å²) in [6.45, 7) is 0. The lowest BCUT2D eigenvalue weighted by Crippen LogP contribution is -1.91. The van der Waals surface area contributed by atoms with E-state index in [0.29, 0.717) is 5.56 Å². The van der Waals surface area contributed by atoms with Crippen LogP contribution in [0.4, 0.5) is 5.69 Å². The van der Waals surface area contributed by atoms with Crippen molar-refractivity contribution in [2.75, 3.05) is 0 Å². The summed E-state index contributed by atoms with van der Waals surface area (Å²) < 4.78 is 20.6. The third kappa shape index (κ3) is 2.83. The van der Waals surface area contributed by atoms with E-state index in [1.54, 1.807) is 0 Å². The average Bonchev–Trinajstić information content (AvgIpc) is 2.03. The summed E-state index contributed by atoms with van der Waals surface area (Å²) >= 11 is 0. The second-order valence-electron chi connectivity index (χ2n) is 2.42. The van der Waals surface area contributed by atoms with Crippen LogP contribution in [0.1, 0.15) is 5.56 Å². The van der Waals surface area contributed by atoms with Crippen LogP contribution < -0.4 is 0 Å². The summed E-state index contributed by atoms with van der Waals surface area (Å²) in [6.07, 6.45) is 0. The van der Waals surface area contributed by atoms with Crippen LogP contribution in [0.5, 0.6) is 0 Å². The molecular formula is C7H7NO4S. The Morgan fingerprint density at radius 3 is 2.62 bits per heavy atom. The second kappa shape index (κ2) is 3.99. The van der Waals surface area contributed by atoms with Gasteiger partial charge < -0.3 is 0 Å². The van der Waals surface area contributed by atoms with Gasteiger partial charge in [-0.1, -0.05) is 12.1 Å². The van der Waals surface area contributed by atoms with Crippen molar-refractivity contribution in [1.82, 2.24) is 0 Å². The standard InChI is InChI=1S/C7H7NO4S/c9-8(10)7-3-1-2-6(4-7)5-13(11)12/h1-4,13H,5H2. The van der Waals surface area contributed by atoms with Crippen LogP contribution in [0.2, 0.25) is 0 Å². The van der Waals surface area contributed by atoms with Crippen LogP contribution in [0, 0.1) is 10.1 Å². The summed E-state index contributed by atoms with van der Waals surface area (Å²) in [5, 5.41) is 10.3. The van der Waals surface area contributed by atoms with Gasteiger partial charge in [0, 0.05) is 12.1 Å². The monoisotopic (exact) mass is 201 g/mol. The number of benzene rings is 1. The molecule has 0 atom stereocenters. The van der Waals surface area contributed by atoms with Gasteiger partial charge in [0.2, 0.25) is 0 Å². The van der Waals surface area contributed by atoms with E-state index in [1.807, 2.05) is 0 Å². The highest BCUT2D eigenvalue weighted by molar-refractivity contribution is 7.71. The lowest BCUT2D eigenvalue weighted by molar-refractivity contribution is -0.384. The SMILES string of the molecule is O=[N+]([O-])c1cccc(C[SH](=O)=O)c1. The Bertz CT molecular complexity index is 391. The normalized spacial score (nSPS) is 10.2. The molecule has 0 spiro atoms. The van der Waals surface area contributed by atoms with Gasteiger partial charge in [0.1, 0.15) is 10.7 Å². The number of nitrogens with zero attached hydrogens (tertiary/aromatic N) is 1. The van der Waals surface area contributed by atoms with E-state index in [1.165, 1.54) is 24.3 Å². The largest absolute Gasteiger partial charge is 0.269 e. The van der Waals surface area contributed by atoms with Crippen LogP contribution >= 0.6 is 0 Å². The molecule has 0 radical (unpaired) electrons. The molecule has 0 aliphatic carbocycles. The third-order valence-corrected chi connectivity index (χ3v) is 2.06. The molecule has 0 heterocycles. The topological polar surface area (TPSA) is 77.3 Å². The fourth-order valence-corrected chi connectivity index (χ4v) is 1.41. The van der Waals surface area contributed by atoms with Crippen molar-refractivity contribution >= 4 is 16.4 Å². The van der Waals surface area contributed by atoms with E-state index in [-0.39, 0.29) is 11.4 Å². The fraction of sp³-hybridized carbons (Fsp3) is 0.143. The molecule has 0 aliphatic rings. The zero-order valence-electron chi connectivity index (χ0n) is 6.54. The Labute approximate surface area is 76.1 Å². The molecule has 5 nitrogen and oxygen atoms in total. The maximum Gasteiger partial charge on any atom is 0.269 e. The van der Waals surface area contributed by atoms with E-state index in [2.05, 4.69) is 0 Å². The van der Waals surface area contributed by atoms with Crippen LogP contribution in [-0.2, 0) is 16.5 Å². The molecular weight excluding hydrogens is 194 g/mol. The van der Waals surface area contributed by atoms with Crippen LogP contribution in [0.25, 0.3) is 0 Å². The Morgan fingerprint density at radius 1 is 1.38 bits per heavy atom. The zero-order chi connectivity index (χ0) is 9.84. The van der Waals surface area contributed by atoms with Crippen molar-refractivity contribution < 1.29 is 13.3 Å². The van der Waals surface area contributed by atoms with E-state index in [4.69, 9.17) is 0 Å². The molecule has 0 fully saturated rings. The van der Waals surface area contributed by atoms with Gasteiger partial charge in [-0.15, -0.1) is 0 Å². The molecule has 0 bridgehead atoms. The first-order chi connectivity index (χ1) is 6.09. The van der Waals surface area contributed by atoms with Gasteiger partial charge in [-0.25, -0.2) is 8.42 Å². The average molecular weight is 201 g/mol. The summed E-state index contributed by atoms with van der Waals surface area (Å²) in [4.78, 5) is 9.74. The Hall–Kier alpha value is -1.43. The van der Waals surface area contributed by atoms with Gasteiger partial charge in [-0.05, 0) is 5.56 Å². The molecule has 0 unspecified atom stereocenters. The summed E-state index contributed by atoms with van der Waals surface area (Å²) in [7, 11) is -2.53. The minimum atomic E-state index is -2.53. The molecule has 6 heteroatoms. The summed E-state index contributed by atoms with van der Waals surface area (Å²) in [5.41, 5.74) is 0.347. The minimum Gasteiger partial charge on any atom is -0.258 e. The molecule has 70 valence electrons. The third-order valence-electron chi connectivity index (χ3n) is 1.43. The smallest absolute Gasteiger partial charge is 0.258 e.